The average molecular weight is 203 g/mol. The van der Waals surface area contributed by atoms with E-state index in [0.717, 1.165) is 6.54 Å². The monoisotopic (exact) mass is 203 g/mol. The molecule has 1 aliphatic heterocycles. The summed E-state index contributed by atoms with van der Waals surface area (Å²) in [6, 6.07) is 9.47. The maximum absolute atomic E-state index is 3.68. The van der Waals surface area contributed by atoms with Gasteiger partial charge in [-0.05, 0) is 29.4 Å². The quantitative estimate of drug-likeness (QED) is 0.776. The van der Waals surface area contributed by atoms with E-state index in [-0.39, 0.29) is 0 Å². The highest BCUT2D eigenvalue weighted by atomic mass is 14.9. The molecule has 1 N–H and O–H groups in total. The number of fused-ring (bicyclic) bond motifs is 1. The van der Waals surface area contributed by atoms with E-state index < -0.39 is 0 Å². The van der Waals surface area contributed by atoms with Crippen LogP contribution in [0.15, 0.2) is 24.3 Å². The molecule has 1 aliphatic rings. The largest absolute Gasteiger partial charge is 0.309 e. The van der Waals surface area contributed by atoms with Gasteiger partial charge < -0.3 is 5.32 Å². The summed E-state index contributed by atoms with van der Waals surface area (Å²) in [5.74, 6) is 1.38. The highest BCUT2D eigenvalue weighted by Crippen LogP contribution is 2.34. The summed E-state index contributed by atoms with van der Waals surface area (Å²) >= 11 is 0. The highest BCUT2D eigenvalue weighted by Gasteiger charge is 2.26. The first-order chi connectivity index (χ1) is 7.24. The molecule has 0 bridgehead atoms. The molecule has 2 atom stereocenters. The molecule has 1 aromatic rings. The van der Waals surface area contributed by atoms with Gasteiger partial charge in [-0.25, -0.2) is 0 Å². The Morgan fingerprint density at radius 1 is 1.27 bits per heavy atom. The van der Waals surface area contributed by atoms with Crippen LogP contribution in [0.1, 0.15) is 50.3 Å². The standard InChI is InChI=1S/C14H21N/c1-4-11-9-15-14(10(2)3)13-8-6-5-7-12(11)13/h5-8,10-11,14-15H,4,9H2,1-3H3. The van der Waals surface area contributed by atoms with Crippen LogP contribution in [-0.4, -0.2) is 6.54 Å². The van der Waals surface area contributed by atoms with E-state index in [4.69, 9.17) is 0 Å². The number of rotatable bonds is 2. The highest BCUT2D eigenvalue weighted by molar-refractivity contribution is 5.35. The molecule has 0 saturated carbocycles. The fourth-order valence-electron chi connectivity index (χ4n) is 2.61. The molecule has 15 heavy (non-hydrogen) atoms. The lowest BCUT2D eigenvalue weighted by Crippen LogP contribution is -2.35. The summed E-state index contributed by atoms with van der Waals surface area (Å²) in [5, 5.41) is 3.68. The zero-order chi connectivity index (χ0) is 10.8. The number of hydrogen-bond acceptors (Lipinski definition) is 1. The molecule has 0 fully saturated rings. The van der Waals surface area contributed by atoms with Gasteiger partial charge in [0, 0.05) is 12.6 Å². The van der Waals surface area contributed by atoms with Crippen LogP contribution >= 0.6 is 0 Å². The molecular weight excluding hydrogens is 182 g/mol. The SMILES string of the molecule is CCC1CNC(C(C)C)c2ccccc21. The van der Waals surface area contributed by atoms with E-state index in [9.17, 15) is 0 Å². The van der Waals surface area contributed by atoms with Gasteiger partial charge in [-0.2, -0.15) is 0 Å². The van der Waals surface area contributed by atoms with Crippen molar-refractivity contribution in [3.05, 3.63) is 35.4 Å². The third-order valence-electron chi connectivity index (χ3n) is 3.51. The normalized spacial score (nSPS) is 25.3. The van der Waals surface area contributed by atoms with Crippen LogP contribution in [0.25, 0.3) is 0 Å². The number of nitrogens with one attached hydrogen (secondary N) is 1. The molecule has 1 heterocycles. The Bertz CT molecular complexity index is 330. The van der Waals surface area contributed by atoms with Gasteiger partial charge in [0.15, 0.2) is 0 Å². The Labute approximate surface area is 92.9 Å². The molecule has 0 amide bonds. The minimum Gasteiger partial charge on any atom is -0.309 e. The van der Waals surface area contributed by atoms with Crippen molar-refractivity contribution in [2.24, 2.45) is 5.92 Å². The lowest BCUT2D eigenvalue weighted by Gasteiger charge is -2.34. The maximum atomic E-state index is 3.68. The minimum atomic E-state index is 0.545. The van der Waals surface area contributed by atoms with Crippen molar-refractivity contribution < 1.29 is 0 Å². The van der Waals surface area contributed by atoms with Crippen LogP contribution in [-0.2, 0) is 0 Å². The maximum Gasteiger partial charge on any atom is 0.0346 e. The van der Waals surface area contributed by atoms with Gasteiger partial charge in [-0.1, -0.05) is 45.0 Å². The Balaban J connectivity index is 2.39. The second-order valence-corrected chi connectivity index (χ2v) is 4.86. The minimum absolute atomic E-state index is 0.545. The first-order valence-corrected chi connectivity index (χ1v) is 6.06. The molecular formula is C14H21N. The number of benzene rings is 1. The second-order valence-electron chi connectivity index (χ2n) is 4.86. The summed E-state index contributed by atoms with van der Waals surface area (Å²) in [6.07, 6.45) is 1.23. The Morgan fingerprint density at radius 2 is 1.93 bits per heavy atom. The molecule has 0 saturated heterocycles. The molecule has 1 heteroatoms. The van der Waals surface area contributed by atoms with E-state index in [0.29, 0.717) is 17.9 Å². The van der Waals surface area contributed by atoms with Crippen molar-refractivity contribution in [1.29, 1.82) is 0 Å². The lowest BCUT2D eigenvalue weighted by atomic mass is 9.82. The third-order valence-corrected chi connectivity index (χ3v) is 3.51. The summed E-state index contributed by atoms with van der Waals surface area (Å²) in [4.78, 5) is 0. The summed E-state index contributed by atoms with van der Waals surface area (Å²) < 4.78 is 0. The van der Waals surface area contributed by atoms with Crippen molar-refractivity contribution in [1.82, 2.24) is 5.32 Å². The summed E-state index contributed by atoms with van der Waals surface area (Å²) in [7, 11) is 0. The molecule has 0 aliphatic carbocycles. The molecule has 0 spiro atoms. The van der Waals surface area contributed by atoms with Crippen molar-refractivity contribution in [3.8, 4) is 0 Å². The van der Waals surface area contributed by atoms with Crippen LogP contribution in [0.2, 0.25) is 0 Å². The van der Waals surface area contributed by atoms with Gasteiger partial charge in [0.1, 0.15) is 0 Å². The van der Waals surface area contributed by atoms with Crippen molar-refractivity contribution >= 4 is 0 Å². The zero-order valence-electron chi connectivity index (χ0n) is 9.96. The molecule has 0 radical (unpaired) electrons. The first kappa shape index (κ1) is 10.7. The predicted molar refractivity (Wildman–Crippen MR) is 65.1 cm³/mol. The van der Waals surface area contributed by atoms with Gasteiger partial charge >= 0.3 is 0 Å². The zero-order valence-corrected chi connectivity index (χ0v) is 9.96. The van der Waals surface area contributed by atoms with Crippen LogP contribution < -0.4 is 5.32 Å². The van der Waals surface area contributed by atoms with Gasteiger partial charge in [0.25, 0.3) is 0 Å². The van der Waals surface area contributed by atoms with E-state index in [1.54, 1.807) is 5.56 Å². The van der Waals surface area contributed by atoms with Gasteiger partial charge in [-0.15, -0.1) is 0 Å². The van der Waals surface area contributed by atoms with Crippen molar-refractivity contribution in [2.75, 3.05) is 6.54 Å². The van der Waals surface area contributed by atoms with Crippen molar-refractivity contribution in [2.45, 2.75) is 39.2 Å². The van der Waals surface area contributed by atoms with Crippen LogP contribution in [0.3, 0.4) is 0 Å². The predicted octanol–water partition coefficient (Wildman–Crippen LogP) is 3.48. The van der Waals surface area contributed by atoms with Gasteiger partial charge in [-0.3, -0.25) is 0 Å². The second kappa shape index (κ2) is 4.36. The lowest BCUT2D eigenvalue weighted by molar-refractivity contribution is 0.367. The van der Waals surface area contributed by atoms with E-state index in [2.05, 4.69) is 50.4 Å². The topological polar surface area (TPSA) is 12.0 Å². The van der Waals surface area contributed by atoms with E-state index >= 15 is 0 Å². The van der Waals surface area contributed by atoms with Gasteiger partial charge in [0.2, 0.25) is 0 Å². The average Bonchev–Trinajstić information content (AvgIpc) is 2.27. The molecule has 2 rings (SSSR count). The molecule has 2 unspecified atom stereocenters. The Morgan fingerprint density at radius 3 is 2.53 bits per heavy atom. The van der Waals surface area contributed by atoms with Gasteiger partial charge in [0.05, 0.1) is 0 Å². The fraction of sp³-hybridized carbons (Fsp3) is 0.571. The Hall–Kier alpha value is -0.820. The Kier molecular flexibility index (Phi) is 3.11. The fourth-order valence-corrected chi connectivity index (χ4v) is 2.61. The molecule has 1 aromatic carbocycles. The third kappa shape index (κ3) is 1.93. The van der Waals surface area contributed by atoms with Crippen molar-refractivity contribution in [3.63, 3.8) is 0 Å². The van der Waals surface area contributed by atoms with Crippen LogP contribution in [0.5, 0.6) is 0 Å². The summed E-state index contributed by atoms with van der Waals surface area (Å²) in [5.41, 5.74) is 3.09. The van der Waals surface area contributed by atoms with E-state index in [1.165, 1.54) is 12.0 Å². The summed E-state index contributed by atoms with van der Waals surface area (Å²) in [6.45, 7) is 8.00. The van der Waals surface area contributed by atoms with Crippen LogP contribution in [0, 0.1) is 5.92 Å². The van der Waals surface area contributed by atoms with Crippen LogP contribution in [0.4, 0.5) is 0 Å². The smallest absolute Gasteiger partial charge is 0.0346 e. The van der Waals surface area contributed by atoms with E-state index in [1.807, 2.05) is 0 Å². The first-order valence-electron chi connectivity index (χ1n) is 6.06. The molecule has 82 valence electrons. The molecule has 1 nitrogen and oxygen atoms in total. The number of hydrogen-bond donors (Lipinski definition) is 1. The molecule has 0 aromatic heterocycles.